The molecule has 0 unspecified atom stereocenters. The first-order chi connectivity index (χ1) is 9.41. The second-order valence-corrected chi connectivity index (χ2v) is 7.50. The molecule has 0 saturated heterocycles. The Labute approximate surface area is 123 Å². The fourth-order valence-corrected chi connectivity index (χ4v) is 3.31. The molecule has 2 heterocycles. The van der Waals surface area contributed by atoms with Gasteiger partial charge in [0.05, 0.1) is 0 Å². The smallest absolute Gasteiger partial charge is 0.244 e. The highest BCUT2D eigenvalue weighted by molar-refractivity contribution is 7.89. The van der Waals surface area contributed by atoms with Crippen LogP contribution < -0.4 is 5.32 Å². The lowest BCUT2D eigenvalue weighted by Gasteiger charge is -2.11. The summed E-state index contributed by atoms with van der Waals surface area (Å²) in [4.78, 5) is 4.34. The zero-order valence-electron chi connectivity index (χ0n) is 11.6. The topological polar surface area (TPSA) is 62.3 Å². The SMILES string of the molecule is Cc1cscc1CNc1ccc(S(=O)(=O)N(C)C)cn1. The minimum atomic E-state index is -3.41. The van der Waals surface area contributed by atoms with E-state index in [1.54, 1.807) is 23.5 Å². The highest BCUT2D eigenvalue weighted by atomic mass is 32.2. The molecule has 0 aliphatic heterocycles. The molecule has 0 atom stereocenters. The minimum absolute atomic E-state index is 0.194. The van der Waals surface area contributed by atoms with Crippen molar-refractivity contribution >= 4 is 27.2 Å². The van der Waals surface area contributed by atoms with Gasteiger partial charge in [-0.15, -0.1) is 0 Å². The van der Waals surface area contributed by atoms with Crippen molar-refractivity contribution in [2.45, 2.75) is 18.4 Å². The van der Waals surface area contributed by atoms with Gasteiger partial charge in [-0.25, -0.2) is 17.7 Å². The molecule has 1 N–H and O–H groups in total. The third-order valence-corrected chi connectivity index (χ3v) is 5.65. The van der Waals surface area contributed by atoms with E-state index in [9.17, 15) is 8.42 Å². The van der Waals surface area contributed by atoms with Crippen molar-refractivity contribution in [2.24, 2.45) is 0 Å². The van der Waals surface area contributed by atoms with E-state index >= 15 is 0 Å². The lowest BCUT2D eigenvalue weighted by atomic mass is 10.2. The van der Waals surface area contributed by atoms with E-state index in [-0.39, 0.29) is 4.90 Å². The number of hydrogen-bond acceptors (Lipinski definition) is 5. The van der Waals surface area contributed by atoms with Gasteiger partial charge in [0, 0.05) is 26.8 Å². The van der Waals surface area contributed by atoms with E-state index < -0.39 is 10.0 Å². The Morgan fingerprint density at radius 1 is 1.30 bits per heavy atom. The van der Waals surface area contributed by atoms with Gasteiger partial charge in [0.2, 0.25) is 10.0 Å². The highest BCUT2D eigenvalue weighted by Gasteiger charge is 2.17. The van der Waals surface area contributed by atoms with E-state index in [1.165, 1.54) is 35.7 Å². The van der Waals surface area contributed by atoms with E-state index in [2.05, 4.69) is 28.0 Å². The van der Waals surface area contributed by atoms with Crippen LogP contribution in [0.25, 0.3) is 0 Å². The van der Waals surface area contributed by atoms with Crippen molar-refractivity contribution in [3.8, 4) is 0 Å². The number of thiophene rings is 1. The van der Waals surface area contributed by atoms with Gasteiger partial charge in [0.25, 0.3) is 0 Å². The molecule has 0 bridgehead atoms. The maximum Gasteiger partial charge on any atom is 0.244 e. The van der Waals surface area contributed by atoms with Crippen LogP contribution in [0.3, 0.4) is 0 Å². The standard InChI is InChI=1S/C13H17N3O2S2/c1-10-8-19-9-11(10)6-14-13-5-4-12(7-15-13)20(17,18)16(2)3/h4-5,7-9H,6H2,1-3H3,(H,14,15). The van der Waals surface area contributed by atoms with Crippen LogP contribution >= 0.6 is 11.3 Å². The van der Waals surface area contributed by atoms with Crippen LogP contribution in [-0.2, 0) is 16.6 Å². The summed E-state index contributed by atoms with van der Waals surface area (Å²) in [6.07, 6.45) is 1.37. The van der Waals surface area contributed by atoms with Crippen LogP contribution in [0.1, 0.15) is 11.1 Å². The molecule has 0 spiro atoms. The average Bonchev–Trinajstić information content (AvgIpc) is 2.82. The first kappa shape index (κ1) is 15.0. The number of aromatic nitrogens is 1. The average molecular weight is 311 g/mol. The minimum Gasteiger partial charge on any atom is -0.366 e. The van der Waals surface area contributed by atoms with Crippen LogP contribution in [0.2, 0.25) is 0 Å². The lowest BCUT2D eigenvalue weighted by Crippen LogP contribution is -2.22. The molecule has 0 aromatic carbocycles. The largest absolute Gasteiger partial charge is 0.366 e. The second-order valence-electron chi connectivity index (χ2n) is 4.60. The van der Waals surface area contributed by atoms with Gasteiger partial charge < -0.3 is 5.32 Å². The monoisotopic (exact) mass is 311 g/mol. The van der Waals surface area contributed by atoms with Gasteiger partial charge in [-0.2, -0.15) is 11.3 Å². The molecule has 0 aliphatic rings. The summed E-state index contributed by atoms with van der Waals surface area (Å²) in [5, 5.41) is 7.37. The van der Waals surface area contributed by atoms with Gasteiger partial charge in [-0.3, -0.25) is 0 Å². The second kappa shape index (κ2) is 5.90. The summed E-state index contributed by atoms with van der Waals surface area (Å²) in [5.74, 6) is 0.660. The summed E-state index contributed by atoms with van der Waals surface area (Å²) in [6, 6.07) is 3.24. The van der Waals surface area contributed by atoms with Crippen LogP contribution in [0, 0.1) is 6.92 Å². The van der Waals surface area contributed by atoms with Crippen LogP contribution in [0.5, 0.6) is 0 Å². The molecule has 7 heteroatoms. The molecule has 108 valence electrons. The van der Waals surface area contributed by atoms with Crippen molar-refractivity contribution < 1.29 is 8.42 Å². The Morgan fingerprint density at radius 2 is 2.05 bits per heavy atom. The predicted molar refractivity (Wildman–Crippen MR) is 81.5 cm³/mol. The highest BCUT2D eigenvalue weighted by Crippen LogP contribution is 2.17. The number of sulfonamides is 1. The Bertz CT molecular complexity index is 676. The number of pyridine rings is 1. The molecule has 2 rings (SSSR count). The normalized spacial score (nSPS) is 11.8. The molecule has 5 nitrogen and oxygen atoms in total. The number of nitrogens with one attached hydrogen (secondary N) is 1. The summed E-state index contributed by atoms with van der Waals surface area (Å²) in [7, 11) is -0.412. The molecule has 0 fully saturated rings. The van der Waals surface area contributed by atoms with Crippen molar-refractivity contribution in [3.63, 3.8) is 0 Å². The predicted octanol–water partition coefficient (Wildman–Crippen LogP) is 2.31. The molecule has 2 aromatic rings. The summed E-state index contributed by atoms with van der Waals surface area (Å²) >= 11 is 1.67. The molecule has 2 aromatic heterocycles. The Balaban J connectivity index is 2.08. The van der Waals surface area contributed by atoms with Gasteiger partial charge in [-0.1, -0.05) is 0 Å². The fraction of sp³-hybridized carbons (Fsp3) is 0.308. The third kappa shape index (κ3) is 3.17. The van der Waals surface area contributed by atoms with Crippen LogP contribution in [-0.4, -0.2) is 31.8 Å². The number of aryl methyl sites for hydroxylation is 1. The number of hydrogen-bond donors (Lipinski definition) is 1. The quantitative estimate of drug-likeness (QED) is 0.920. The van der Waals surface area contributed by atoms with Crippen LogP contribution in [0.15, 0.2) is 34.0 Å². The van der Waals surface area contributed by atoms with Gasteiger partial charge >= 0.3 is 0 Å². The molecule has 20 heavy (non-hydrogen) atoms. The zero-order chi connectivity index (χ0) is 14.8. The molecular formula is C13H17N3O2S2. The first-order valence-electron chi connectivity index (χ1n) is 6.05. The molecule has 0 saturated carbocycles. The molecule has 0 radical (unpaired) electrons. The Kier molecular flexibility index (Phi) is 4.42. The van der Waals surface area contributed by atoms with Gasteiger partial charge in [0.15, 0.2) is 0 Å². The van der Waals surface area contributed by atoms with Crippen LogP contribution in [0.4, 0.5) is 5.82 Å². The third-order valence-electron chi connectivity index (χ3n) is 2.94. The lowest BCUT2D eigenvalue weighted by molar-refractivity contribution is 0.520. The van der Waals surface area contributed by atoms with E-state index in [0.717, 1.165) is 0 Å². The maximum atomic E-state index is 11.9. The van der Waals surface area contributed by atoms with Gasteiger partial charge in [-0.05, 0) is 40.9 Å². The summed E-state index contributed by atoms with van der Waals surface area (Å²) in [6.45, 7) is 2.75. The molecular weight excluding hydrogens is 294 g/mol. The van der Waals surface area contributed by atoms with E-state index in [4.69, 9.17) is 0 Å². The van der Waals surface area contributed by atoms with E-state index in [1.807, 2.05) is 0 Å². The van der Waals surface area contributed by atoms with Crippen molar-refractivity contribution in [1.29, 1.82) is 0 Å². The maximum absolute atomic E-state index is 11.9. The first-order valence-corrected chi connectivity index (χ1v) is 8.43. The number of rotatable bonds is 5. The molecule has 0 aliphatic carbocycles. The summed E-state index contributed by atoms with van der Waals surface area (Å²) in [5.41, 5.74) is 2.47. The number of nitrogens with zero attached hydrogens (tertiary/aromatic N) is 2. The van der Waals surface area contributed by atoms with Crippen molar-refractivity contribution in [2.75, 3.05) is 19.4 Å². The fourth-order valence-electron chi connectivity index (χ4n) is 1.60. The van der Waals surface area contributed by atoms with Crippen molar-refractivity contribution in [1.82, 2.24) is 9.29 Å². The van der Waals surface area contributed by atoms with Gasteiger partial charge in [0.1, 0.15) is 10.7 Å². The van der Waals surface area contributed by atoms with E-state index in [0.29, 0.717) is 12.4 Å². The summed E-state index contributed by atoms with van der Waals surface area (Å²) < 4.78 is 25.0. The Hall–Kier alpha value is -1.44. The van der Waals surface area contributed by atoms with Crippen molar-refractivity contribution in [3.05, 3.63) is 40.2 Å². The molecule has 0 amide bonds. The number of anilines is 1. The zero-order valence-corrected chi connectivity index (χ0v) is 13.3. The Morgan fingerprint density at radius 3 is 2.55 bits per heavy atom.